The normalized spacial score (nSPS) is 15.8. The minimum Gasteiger partial charge on any atom is -0.319 e. The number of carbonyl (C=O) groups is 1. The van der Waals surface area contributed by atoms with E-state index in [1.807, 2.05) is 4.90 Å². The number of anilines is 1. The van der Waals surface area contributed by atoms with E-state index in [0.717, 1.165) is 26.2 Å². The molecule has 7 heteroatoms. The second kappa shape index (κ2) is 6.44. The lowest BCUT2D eigenvalue weighted by atomic mass is 10.1. The number of carbonyl (C=O) groups excluding carboxylic acids is 1. The minimum atomic E-state index is -0.479. The fraction of sp³-hybridized carbons (Fsp3) is 0.462. The van der Waals surface area contributed by atoms with Crippen LogP contribution < -0.4 is 10.6 Å². The highest BCUT2D eigenvalue weighted by atomic mass is 16.6. The molecule has 7 nitrogen and oxygen atoms in total. The van der Waals surface area contributed by atoms with Crippen LogP contribution in [0.5, 0.6) is 0 Å². The van der Waals surface area contributed by atoms with Crippen molar-refractivity contribution in [1.29, 1.82) is 0 Å². The van der Waals surface area contributed by atoms with Gasteiger partial charge < -0.3 is 10.6 Å². The molecule has 0 unspecified atom stereocenters. The average Bonchev–Trinajstić information content (AvgIpc) is 2.42. The van der Waals surface area contributed by atoms with Crippen molar-refractivity contribution in [2.75, 3.05) is 38.0 Å². The van der Waals surface area contributed by atoms with Gasteiger partial charge in [-0.25, -0.2) is 0 Å². The molecule has 2 rings (SSSR count). The summed E-state index contributed by atoms with van der Waals surface area (Å²) in [7, 11) is 0. The number of nitro groups is 1. The summed E-state index contributed by atoms with van der Waals surface area (Å²) >= 11 is 0. The van der Waals surface area contributed by atoms with Crippen LogP contribution in [0.15, 0.2) is 18.2 Å². The number of nitrogens with one attached hydrogen (secondary N) is 2. The van der Waals surface area contributed by atoms with Gasteiger partial charge in [0.05, 0.1) is 11.5 Å². The van der Waals surface area contributed by atoms with Crippen LogP contribution in [-0.4, -0.2) is 48.5 Å². The van der Waals surface area contributed by atoms with Crippen LogP contribution in [0.3, 0.4) is 0 Å². The highest BCUT2D eigenvalue weighted by Crippen LogP contribution is 2.27. The first-order valence-electron chi connectivity index (χ1n) is 6.55. The number of hydrogen-bond donors (Lipinski definition) is 2. The molecule has 0 radical (unpaired) electrons. The molecule has 0 atom stereocenters. The van der Waals surface area contributed by atoms with Gasteiger partial charge >= 0.3 is 0 Å². The third kappa shape index (κ3) is 3.52. The van der Waals surface area contributed by atoms with Crippen LogP contribution >= 0.6 is 0 Å². The molecule has 20 heavy (non-hydrogen) atoms. The van der Waals surface area contributed by atoms with Gasteiger partial charge in [-0.15, -0.1) is 0 Å². The number of aryl methyl sites for hydroxylation is 1. The van der Waals surface area contributed by atoms with Gasteiger partial charge in [-0.05, 0) is 12.5 Å². The molecule has 0 spiro atoms. The molecule has 1 saturated heterocycles. The molecule has 1 fully saturated rings. The van der Waals surface area contributed by atoms with Crippen molar-refractivity contribution in [1.82, 2.24) is 10.2 Å². The first kappa shape index (κ1) is 14.4. The van der Waals surface area contributed by atoms with E-state index in [0.29, 0.717) is 5.56 Å². The summed E-state index contributed by atoms with van der Waals surface area (Å²) in [5.74, 6) is -0.218. The van der Waals surface area contributed by atoms with Crippen molar-refractivity contribution in [3.8, 4) is 0 Å². The zero-order chi connectivity index (χ0) is 14.5. The van der Waals surface area contributed by atoms with E-state index < -0.39 is 4.92 Å². The molecule has 1 aliphatic rings. The number of piperazine rings is 1. The Hall–Kier alpha value is -1.99. The molecule has 108 valence electrons. The molecule has 0 aliphatic carbocycles. The zero-order valence-electron chi connectivity index (χ0n) is 11.4. The summed E-state index contributed by atoms with van der Waals surface area (Å²) in [5.41, 5.74) is 0.907. The van der Waals surface area contributed by atoms with Gasteiger partial charge in [-0.2, -0.15) is 0 Å². The van der Waals surface area contributed by atoms with E-state index in [-0.39, 0.29) is 23.8 Å². The Labute approximate surface area is 117 Å². The number of nitro benzene ring substituents is 1. The highest BCUT2D eigenvalue weighted by Gasteiger charge is 2.19. The van der Waals surface area contributed by atoms with Crippen molar-refractivity contribution in [2.45, 2.75) is 6.92 Å². The van der Waals surface area contributed by atoms with Crippen molar-refractivity contribution in [3.63, 3.8) is 0 Å². The molecule has 0 aromatic heterocycles. The number of amides is 1. The fourth-order valence-electron chi connectivity index (χ4n) is 2.22. The molecule has 1 amide bonds. The monoisotopic (exact) mass is 278 g/mol. The second-order valence-corrected chi connectivity index (χ2v) is 4.80. The molecule has 1 aliphatic heterocycles. The number of rotatable bonds is 4. The SMILES string of the molecule is Cc1cccc([N+](=O)[O-])c1NC(=O)CN1CCNCC1. The van der Waals surface area contributed by atoms with Gasteiger partial charge in [0.15, 0.2) is 0 Å². The summed E-state index contributed by atoms with van der Waals surface area (Å²) in [5, 5.41) is 16.9. The zero-order valence-corrected chi connectivity index (χ0v) is 11.4. The summed E-state index contributed by atoms with van der Waals surface area (Å²) in [6, 6.07) is 4.75. The number of para-hydroxylation sites is 1. The predicted molar refractivity (Wildman–Crippen MR) is 75.8 cm³/mol. The smallest absolute Gasteiger partial charge is 0.293 e. The fourth-order valence-corrected chi connectivity index (χ4v) is 2.22. The lowest BCUT2D eigenvalue weighted by Crippen LogP contribution is -2.46. The predicted octanol–water partition coefficient (Wildman–Crippen LogP) is 0.747. The quantitative estimate of drug-likeness (QED) is 0.626. The summed E-state index contributed by atoms with van der Waals surface area (Å²) in [4.78, 5) is 24.5. The first-order valence-corrected chi connectivity index (χ1v) is 6.55. The van der Waals surface area contributed by atoms with Crippen LogP contribution in [0.25, 0.3) is 0 Å². The molecule has 1 aromatic carbocycles. The Kier molecular flexibility index (Phi) is 4.65. The molecule has 1 aromatic rings. The Morgan fingerprint density at radius 3 is 2.80 bits per heavy atom. The maximum Gasteiger partial charge on any atom is 0.293 e. The largest absolute Gasteiger partial charge is 0.319 e. The van der Waals surface area contributed by atoms with Gasteiger partial charge in [-0.3, -0.25) is 19.8 Å². The van der Waals surface area contributed by atoms with Crippen molar-refractivity contribution >= 4 is 17.3 Å². The number of hydrogen-bond acceptors (Lipinski definition) is 5. The van der Waals surface area contributed by atoms with E-state index in [9.17, 15) is 14.9 Å². The topological polar surface area (TPSA) is 87.5 Å². The van der Waals surface area contributed by atoms with Crippen molar-refractivity contribution < 1.29 is 9.72 Å². The van der Waals surface area contributed by atoms with Gasteiger partial charge in [-0.1, -0.05) is 12.1 Å². The van der Waals surface area contributed by atoms with Gasteiger partial charge in [0.1, 0.15) is 5.69 Å². The van der Waals surface area contributed by atoms with Crippen LogP contribution in [0.1, 0.15) is 5.56 Å². The van der Waals surface area contributed by atoms with Crippen LogP contribution in [0.2, 0.25) is 0 Å². The lowest BCUT2D eigenvalue weighted by Gasteiger charge is -2.26. The van der Waals surface area contributed by atoms with E-state index >= 15 is 0 Å². The summed E-state index contributed by atoms with van der Waals surface area (Å²) < 4.78 is 0. The Balaban J connectivity index is 2.05. The summed E-state index contributed by atoms with van der Waals surface area (Å²) in [6.45, 7) is 5.34. The van der Waals surface area contributed by atoms with Crippen molar-refractivity contribution in [3.05, 3.63) is 33.9 Å². The second-order valence-electron chi connectivity index (χ2n) is 4.80. The lowest BCUT2D eigenvalue weighted by molar-refractivity contribution is -0.384. The Bertz CT molecular complexity index is 512. The Morgan fingerprint density at radius 1 is 1.45 bits per heavy atom. The third-order valence-electron chi connectivity index (χ3n) is 3.29. The van der Waals surface area contributed by atoms with Crippen molar-refractivity contribution in [2.24, 2.45) is 0 Å². The van der Waals surface area contributed by atoms with E-state index in [1.165, 1.54) is 6.07 Å². The van der Waals surface area contributed by atoms with Crippen LogP contribution in [-0.2, 0) is 4.79 Å². The van der Waals surface area contributed by atoms with Crippen LogP contribution in [0.4, 0.5) is 11.4 Å². The minimum absolute atomic E-state index is 0.0707. The maximum atomic E-state index is 12.0. The number of nitrogens with zero attached hydrogens (tertiary/aromatic N) is 2. The molecule has 0 bridgehead atoms. The van der Waals surface area contributed by atoms with E-state index in [1.54, 1.807) is 19.1 Å². The first-order chi connectivity index (χ1) is 9.58. The highest BCUT2D eigenvalue weighted by molar-refractivity contribution is 5.95. The summed E-state index contributed by atoms with van der Waals surface area (Å²) in [6.07, 6.45) is 0. The maximum absolute atomic E-state index is 12.0. The third-order valence-corrected chi connectivity index (χ3v) is 3.29. The van der Waals surface area contributed by atoms with Gasteiger partial charge in [0.25, 0.3) is 5.69 Å². The molecule has 2 N–H and O–H groups in total. The molecule has 1 heterocycles. The average molecular weight is 278 g/mol. The molecular weight excluding hydrogens is 260 g/mol. The van der Waals surface area contributed by atoms with Gasteiger partial charge in [0.2, 0.25) is 5.91 Å². The molecular formula is C13H18N4O3. The van der Waals surface area contributed by atoms with Gasteiger partial charge in [0, 0.05) is 32.2 Å². The standard InChI is InChI=1S/C13H18N4O3/c1-10-3-2-4-11(17(19)20)13(10)15-12(18)9-16-7-5-14-6-8-16/h2-4,14H,5-9H2,1H3,(H,15,18). The van der Waals surface area contributed by atoms with Crippen LogP contribution in [0, 0.1) is 17.0 Å². The van der Waals surface area contributed by atoms with E-state index in [2.05, 4.69) is 10.6 Å². The Morgan fingerprint density at radius 2 is 2.15 bits per heavy atom. The number of benzene rings is 1. The molecule has 0 saturated carbocycles. The van der Waals surface area contributed by atoms with E-state index in [4.69, 9.17) is 0 Å².